The predicted molar refractivity (Wildman–Crippen MR) is 101 cm³/mol. The molecule has 0 radical (unpaired) electrons. The number of fused-ring (bicyclic) bond motifs is 1. The van der Waals surface area contributed by atoms with E-state index in [9.17, 15) is 4.79 Å². The van der Waals surface area contributed by atoms with Crippen LogP contribution >= 0.6 is 0 Å². The van der Waals surface area contributed by atoms with Crippen molar-refractivity contribution in [1.82, 2.24) is 9.80 Å². The number of nitrogens with zero attached hydrogens (tertiary/aromatic N) is 2. The van der Waals surface area contributed by atoms with E-state index in [0.29, 0.717) is 30.4 Å². The number of benzene rings is 1. The monoisotopic (exact) mass is 358 g/mol. The van der Waals surface area contributed by atoms with Crippen LogP contribution in [-0.4, -0.2) is 61.6 Å². The molecule has 2 fully saturated rings. The van der Waals surface area contributed by atoms with Crippen LogP contribution in [0.3, 0.4) is 0 Å². The molecule has 0 bridgehead atoms. The SMILES string of the molecule is CC1CCN(CC2CCCN(C(=O)c3ccc4c(c3)OCCO4)C2)CC1. The Morgan fingerprint density at radius 3 is 2.65 bits per heavy atom. The zero-order valence-electron chi connectivity index (χ0n) is 15.8. The van der Waals surface area contributed by atoms with E-state index in [2.05, 4.69) is 11.8 Å². The number of carbonyl (C=O) groups excluding carboxylic acids is 1. The molecule has 1 aromatic rings. The lowest BCUT2D eigenvalue weighted by Gasteiger charge is -2.38. The molecule has 0 N–H and O–H groups in total. The number of ether oxygens (including phenoxy) is 2. The van der Waals surface area contributed by atoms with Crippen molar-refractivity contribution in [3.8, 4) is 11.5 Å². The van der Waals surface area contributed by atoms with Crippen molar-refractivity contribution in [3.05, 3.63) is 23.8 Å². The molecule has 0 spiro atoms. The molecular formula is C21H30N2O3. The molecule has 5 nitrogen and oxygen atoms in total. The van der Waals surface area contributed by atoms with Crippen molar-refractivity contribution in [2.45, 2.75) is 32.6 Å². The smallest absolute Gasteiger partial charge is 0.254 e. The average molecular weight is 358 g/mol. The molecule has 3 aliphatic heterocycles. The van der Waals surface area contributed by atoms with Gasteiger partial charge in [0.05, 0.1) is 0 Å². The molecule has 1 unspecified atom stereocenters. The van der Waals surface area contributed by atoms with Crippen LogP contribution in [0.15, 0.2) is 18.2 Å². The average Bonchev–Trinajstić information content (AvgIpc) is 2.69. The van der Waals surface area contributed by atoms with Gasteiger partial charge in [-0.3, -0.25) is 4.79 Å². The maximum Gasteiger partial charge on any atom is 0.254 e. The fourth-order valence-corrected chi connectivity index (χ4v) is 4.37. The van der Waals surface area contributed by atoms with Gasteiger partial charge in [-0.1, -0.05) is 6.92 Å². The highest BCUT2D eigenvalue weighted by atomic mass is 16.6. The van der Waals surface area contributed by atoms with Crippen LogP contribution in [0.4, 0.5) is 0 Å². The van der Waals surface area contributed by atoms with Gasteiger partial charge in [0.1, 0.15) is 13.2 Å². The van der Waals surface area contributed by atoms with Gasteiger partial charge in [0.25, 0.3) is 5.91 Å². The maximum absolute atomic E-state index is 13.0. The van der Waals surface area contributed by atoms with E-state index in [1.165, 1.54) is 32.4 Å². The van der Waals surface area contributed by atoms with Crippen LogP contribution < -0.4 is 9.47 Å². The Hall–Kier alpha value is -1.75. The minimum Gasteiger partial charge on any atom is -0.486 e. The summed E-state index contributed by atoms with van der Waals surface area (Å²) < 4.78 is 11.2. The molecule has 3 aliphatic rings. The number of hydrogen-bond acceptors (Lipinski definition) is 4. The molecule has 1 aromatic carbocycles. The number of piperidine rings is 2. The second kappa shape index (κ2) is 7.87. The lowest BCUT2D eigenvalue weighted by Crippen LogP contribution is -2.45. The minimum absolute atomic E-state index is 0.124. The summed E-state index contributed by atoms with van der Waals surface area (Å²) in [7, 11) is 0. The Labute approximate surface area is 156 Å². The largest absolute Gasteiger partial charge is 0.486 e. The molecule has 1 amide bonds. The van der Waals surface area contributed by atoms with Crippen molar-refractivity contribution in [2.75, 3.05) is 45.9 Å². The van der Waals surface area contributed by atoms with Gasteiger partial charge in [-0.25, -0.2) is 0 Å². The molecule has 5 heteroatoms. The first-order valence-corrected chi connectivity index (χ1v) is 10.1. The molecule has 2 saturated heterocycles. The van der Waals surface area contributed by atoms with Gasteiger partial charge in [-0.15, -0.1) is 0 Å². The molecule has 4 rings (SSSR count). The van der Waals surface area contributed by atoms with Gasteiger partial charge >= 0.3 is 0 Å². The Balaban J connectivity index is 1.37. The lowest BCUT2D eigenvalue weighted by atomic mass is 9.94. The summed E-state index contributed by atoms with van der Waals surface area (Å²) in [6.07, 6.45) is 4.96. The highest BCUT2D eigenvalue weighted by molar-refractivity contribution is 5.95. The maximum atomic E-state index is 13.0. The van der Waals surface area contributed by atoms with E-state index in [1.807, 2.05) is 23.1 Å². The van der Waals surface area contributed by atoms with Crippen LogP contribution in [-0.2, 0) is 0 Å². The van der Waals surface area contributed by atoms with Crippen molar-refractivity contribution in [1.29, 1.82) is 0 Å². The summed E-state index contributed by atoms with van der Waals surface area (Å²) in [4.78, 5) is 17.6. The first-order valence-electron chi connectivity index (χ1n) is 10.1. The van der Waals surface area contributed by atoms with Gasteiger partial charge in [-0.2, -0.15) is 0 Å². The van der Waals surface area contributed by atoms with Gasteiger partial charge in [-0.05, 0) is 68.8 Å². The third-order valence-corrected chi connectivity index (χ3v) is 5.99. The second-order valence-electron chi connectivity index (χ2n) is 8.10. The van der Waals surface area contributed by atoms with Crippen molar-refractivity contribution < 1.29 is 14.3 Å². The summed E-state index contributed by atoms with van der Waals surface area (Å²) in [6.45, 7) is 8.78. The summed E-state index contributed by atoms with van der Waals surface area (Å²) >= 11 is 0. The van der Waals surface area contributed by atoms with Gasteiger partial charge in [0.15, 0.2) is 11.5 Å². The highest BCUT2D eigenvalue weighted by Crippen LogP contribution is 2.31. The number of carbonyl (C=O) groups is 1. The molecule has 142 valence electrons. The summed E-state index contributed by atoms with van der Waals surface area (Å²) in [5, 5.41) is 0. The van der Waals surface area contributed by atoms with E-state index in [-0.39, 0.29) is 5.91 Å². The predicted octanol–water partition coefficient (Wildman–Crippen LogP) is 3.04. The molecule has 26 heavy (non-hydrogen) atoms. The molecule has 3 heterocycles. The third-order valence-electron chi connectivity index (χ3n) is 5.99. The number of hydrogen-bond donors (Lipinski definition) is 0. The van der Waals surface area contributed by atoms with Crippen LogP contribution in [0.2, 0.25) is 0 Å². The first-order chi connectivity index (χ1) is 12.7. The Bertz CT molecular complexity index is 640. The highest BCUT2D eigenvalue weighted by Gasteiger charge is 2.27. The third kappa shape index (κ3) is 3.98. The van der Waals surface area contributed by atoms with E-state index < -0.39 is 0 Å². The van der Waals surface area contributed by atoms with Crippen molar-refractivity contribution in [3.63, 3.8) is 0 Å². The summed E-state index contributed by atoms with van der Waals surface area (Å²) in [5.41, 5.74) is 0.710. The van der Waals surface area contributed by atoms with E-state index >= 15 is 0 Å². The zero-order valence-corrected chi connectivity index (χ0v) is 15.8. The van der Waals surface area contributed by atoms with Crippen LogP contribution in [0, 0.1) is 11.8 Å². The summed E-state index contributed by atoms with van der Waals surface area (Å²) in [5.74, 6) is 3.02. The van der Waals surface area contributed by atoms with Gasteiger partial charge in [0.2, 0.25) is 0 Å². The Morgan fingerprint density at radius 1 is 1.08 bits per heavy atom. The van der Waals surface area contributed by atoms with Gasteiger partial charge in [0, 0.05) is 25.2 Å². The van der Waals surface area contributed by atoms with Crippen LogP contribution in [0.5, 0.6) is 11.5 Å². The van der Waals surface area contributed by atoms with Crippen LogP contribution in [0.25, 0.3) is 0 Å². The fourth-order valence-electron chi connectivity index (χ4n) is 4.37. The van der Waals surface area contributed by atoms with E-state index in [1.54, 1.807) is 0 Å². The van der Waals surface area contributed by atoms with Crippen LogP contribution in [0.1, 0.15) is 43.0 Å². The lowest BCUT2D eigenvalue weighted by molar-refractivity contribution is 0.0621. The Morgan fingerprint density at radius 2 is 1.85 bits per heavy atom. The van der Waals surface area contributed by atoms with Crippen molar-refractivity contribution >= 4 is 5.91 Å². The molecule has 0 saturated carbocycles. The zero-order chi connectivity index (χ0) is 17.9. The van der Waals surface area contributed by atoms with Crippen molar-refractivity contribution in [2.24, 2.45) is 11.8 Å². The molecule has 0 aromatic heterocycles. The second-order valence-corrected chi connectivity index (χ2v) is 8.10. The molecule has 0 aliphatic carbocycles. The normalized spacial score (nSPS) is 24.5. The topological polar surface area (TPSA) is 42.0 Å². The minimum atomic E-state index is 0.124. The standard InChI is InChI=1S/C21H30N2O3/c1-16-6-9-22(10-7-16)14-17-3-2-8-23(15-17)21(24)18-4-5-19-20(13-18)26-12-11-25-19/h4-5,13,16-17H,2-3,6-12,14-15H2,1H3. The first kappa shape index (κ1) is 17.7. The summed E-state index contributed by atoms with van der Waals surface area (Å²) in [6, 6.07) is 5.57. The quantitative estimate of drug-likeness (QED) is 0.833. The number of likely N-dealkylation sites (tertiary alicyclic amines) is 2. The molecule has 1 atom stereocenters. The van der Waals surface area contributed by atoms with E-state index in [0.717, 1.165) is 37.7 Å². The Kier molecular flexibility index (Phi) is 5.34. The van der Waals surface area contributed by atoms with E-state index in [4.69, 9.17) is 9.47 Å². The number of amides is 1. The van der Waals surface area contributed by atoms with Gasteiger partial charge < -0.3 is 19.3 Å². The molecular weight excluding hydrogens is 328 g/mol. The number of rotatable bonds is 3. The fraction of sp³-hybridized carbons (Fsp3) is 0.667.